The maximum Gasteiger partial charge on any atom is 0.329 e. The first-order valence-corrected chi connectivity index (χ1v) is 9.69. The van der Waals surface area contributed by atoms with Gasteiger partial charge < -0.3 is 9.80 Å². The number of para-hydroxylation sites is 2. The minimum Gasteiger partial charge on any atom is -0.342 e. The van der Waals surface area contributed by atoms with Crippen LogP contribution < -0.4 is 5.69 Å². The van der Waals surface area contributed by atoms with Gasteiger partial charge in [-0.15, -0.1) is 0 Å². The van der Waals surface area contributed by atoms with Crippen LogP contribution in [0, 0.1) is 5.92 Å². The van der Waals surface area contributed by atoms with Crippen molar-refractivity contribution >= 4 is 16.9 Å². The Morgan fingerprint density at radius 3 is 2.19 bits per heavy atom. The van der Waals surface area contributed by atoms with Crippen molar-refractivity contribution in [3.63, 3.8) is 0 Å². The number of likely N-dealkylation sites (tertiary alicyclic amines) is 2. The number of piperidine rings is 2. The van der Waals surface area contributed by atoms with Gasteiger partial charge in [0.2, 0.25) is 5.91 Å². The van der Waals surface area contributed by atoms with Gasteiger partial charge in [-0.3, -0.25) is 13.9 Å². The SMILES string of the molecule is CN1CCC(C(=O)N2CCC(n3c(=O)n(C)c4ccccc43)CC2)CC1. The van der Waals surface area contributed by atoms with Crippen molar-refractivity contribution in [1.29, 1.82) is 0 Å². The number of imidazole rings is 1. The normalized spacial score (nSPS) is 20.8. The molecular formula is C20H28N4O2. The van der Waals surface area contributed by atoms with Gasteiger partial charge in [-0.25, -0.2) is 4.79 Å². The largest absolute Gasteiger partial charge is 0.342 e. The summed E-state index contributed by atoms with van der Waals surface area (Å²) in [4.78, 5) is 29.9. The Bertz CT molecular complexity index is 852. The first-order chi connectivity index (χ1) is 12.6. The number of fused-ring (bicyclic) bond motifs is 1. The molecule has 2 aromatic rings. The van der Waals surface area contributed by atoms with Crippen LogP contribution in [0.2, 0.25) is 0 Å². The molecular weight excluding hydrogens is 328 g/mol. The summed E-state index contributed by atoms with van der Waals surface area (Å²) in [5, 5.41) is 0. The van der Waals surface area contributed by atoms with Crippen molar-refractivity contribution in [3.05, 3.63) is 34.7 Å². The molecule has 0 spiro atoms. The number of hydrogen-bond donors (Lipinski definition) is 0. The topological polar surface area (TPSA) is 50.5 Å². The van der Waals surface area contributed by atoms with Gasteiger partial charge in [-0.1, -0.05) is 12.1 Å². The molecule has 4 rings (SSSR count). The van der Waals surface area contributed by atoms with Crippen LogP contribution in [0.5, 0.6) is 0 Å². The van der Waals surface area contributed by atoms with Gasteiger partial charge in [-0.05, 0) is 58.0 Å². The van der Waals surface area contributed by atoms with Crippen LogP contribution in [-0.4, -0.2) is 58.1 Å². The molecule has 26 heavy (non-hydrogen) atoms. The van der Waals surface area contributed by atoms with E-state index in [1.807, 2.05) is 40.8 Å². The lowest BCUT2D eigenvalue weighted by Crippen LogP contribution is -2.45. The van der Waals surface area contributed by atoms with Gasteiger partial charge in [0.05, 0.1) is 11.0 Å². The van der Waals surface area contributed by atoms with Crippen LogP contribution in [-0.2, 0) is 11.8 Å². The zero-order valence-corrected chi connectivity index (χ0v) is 15.7. The minimum absolute atomic E-state index is 0.0475. The van der Waals surface area contributed by atoms with Crippen LogP contribution >= 0.6 is 0 Å². The number of carbonyl (C=O) groups is 1. The van der Waals surface area contributed by atoms with Gasteiger partial charge in [0.1, 0.15) is 0 Å². The number of benzene rings is 1. The van der Waals surface area contributed by atoms with Crippen LogP contribution in [0.25, 0.3) is 11.0 Å². The molecule has 0 N–H and O–H groups in total. The number of carbonyl (C=O) groups excluding carboxylic acids is 1. The lowest BCUT2D eigenvalue weighted by molar-refractivity contribution is -0.138. The van der Waals surface area contributed by atoms with Crippen LogP contribution in [0.1, 0.15) is 31.7 Å². The van der Waals surface area contributed by atoms with E-state index in [1.165, 1.54) is 0 Å². The minimum atomic E-state index is 0.0475. The molecule has 2 fully saturated rings. The van der Waals surface area contributed by atoms with E-state index in [1.54, 1.807) is 4.57 Å². The molecule has 1 aromatic carbocycles. The number of rotatable bonds is 2. The fourth-order valence-electron chi connectivity index (χ4n) is 4.53. The molecule has 1 aromatic heterocycles. The lowest BCUT2D eigenvalue weighted by atomic mass is 9.94. The quantitative estimate of drug-likeness (QED) is 0.825. The predicted molar refractivity (Wildman–Crippen MR) is 102 cm³/mol. The van der Waals surface area contributed by atoms with E-state index in [-0.39, 0.29) is 17.6 Å². The van der Waals surface area contributed by atoms with Crippen LogP contribution in [0.4, 0.5) is 0 Å². The third-order valence-corrected chi connectivity index (χ3v) is 6.20. The predicted octanol–water partition coefficient (Wildman–Crippen LogP) is 1.85. The average Bonchev–Trinajstić information content (AvgIpc) is 2.93. The molecule has 2 aliphatic heterocycles. The molecule has 140 valence electrons. The molecule has 0 bridgehead atoms. The molecule has 0 saturated carbocycles. The van der Waals surface area contributed by atoms with E-state index in [4.69, 9.17) is 0 Å². The van der Waals surface area contributed by atoms with Crippen molar-refractivity contribution in [2.24, 2.45) is 13.0 Å². The maximum absolute atomic E-state index is 12.8. The highest BCUT2D eigenvalue weighted by atomic mass is 16.2. The fourth-order valence-corrected chi connectivity index (χ4v) is 4.53. The van der Waals surface area contributed by atoms with Crippen molar-refractivity contribution in [1.82, 2.24) is 18.9 Å². The molecule has 1 amide bonds. The van der Waals surface area contributed by atoms with Gasteiger partial charge in [0.25, 0.3) is 0 Å². The summed E-state index contributed by atoms with van der Waals surface area (Å²) in [7, 11) is 3.95. The number of aromatic nitrogens is 2. The van der Waals surface area contributed by atoms with Gasteiger partial charge in [0.15, 0.2) is 0 Å². The Hall–Kier alpha value is -2.08. The molecule has 0 aliphatic carbocycles. The van der Waals surface area contributed by atoms with Crippen molar-refractivity contribution in [2.75, 3.05) is 33.2 Å². The van der Waals surface area contributed by atoms with E-state index in [0.717, 1.165) is 62.9 Å². The maximum atomic E-state index is 12.8. The van der Waals surface area contributed by atoms with Crippen molar-refractivity contribution < 1.29 is 4.79 Å². The summed E-state index contributed by atoms with van der Waals surface area (Å²) >= 11 is 0. The van der Waals surface area contributed by atoms with E-state index in [9.17, 15) is 9.59 Å². The Kier molecular flexibility index (Phi) is 4.61. The molecule has 2 saturated heterocycles. The first-order valence-electron chi connectivity index (χ1n) is 9.69. The Labute approximate surface area is 154 Å². The fraction of sp³-hybridized carbons (Fsp3) is 0.600. The van der Waals surface area contributed by atoms with Gasteiger partial charge in [-0.2, -0.15) is 0 Å². The number of amides is 1. The van der Waals surface area contributed by atoms with Gasteiger partial charge >= 0.3 is 5.69 Å². The Morgan fingerprint density at radius 1 is 0.923 bits per heavy atom. The molecule has 2 aliphatic rings. The number of aryl methyl sites for hydroxylation is 1. The van der Waals surface area contributed by atoms with E-state index < -0.39 is 0 Å². The van der Waals surface area contributed by atoms with Crippen LogP contribution in [0.3, 0.4) is 0 Å². The monoisotopic (exact) mass is 356 g/mol. The van der Waals surface area contributed by atoms with E-state index in [0.29, 0.717) is 5.91 Å². The van der Waals surface area contributed by atoms with Crippen molar-refractivity contribution in [2.45, 2.75) is 31.7 Å². The molecule has 3 heterocycles. The zero-order valence-electron chi connectivity index (χ0n) is 15.7. The highest BCUT2D eigenvalue weighted by molar-refractivity contribution is 5.79. The highest BCUT2D eigenvalue weighted by Crippen LogP contribution is 2.27. The Balaban J connectivity index is 1.47. The second-order valence-electron chi connectivity index (χ2n) is 7.83. The highest BCUT2D eigenvalue weighted by Gasteiger charge is 2.31. The summed E-state index contributed by atoms with van der Waals surface area (Å²) in [6.07, 6.45) is 3.65. The summed E-state index contributed by atoms with van der Waals surface area (Å²) in [5.74, 6) is 0.504. The molecule has 0 atom stereocenters. The average molecular weight is 356 g/mol. The molecule has 0 radical (unpaired) electrons. The van der Waals surface area contributed by atoms with Crippen molar-refractivity contribution in [3.8, 4) is 0 Å². The zero-order chi connectivity index (χ0) is 18.3. The summed E-state index contributed by atoms with van der Waals surface area (Å²) in [5.41, 5.74) is 2.02. The third kappa shape index (κ3) is 2.96. The van der Waals surface area contributed by atoms with Crippen LogP contribution in [0.15, 0.2) is 29.1 Å². The molecule has 6 heteroatoms. The number of hydrogen-bond acceptors (Lipinski definition) is 3. The van der Waals surface area contributed by atoms with E-state index >= 15 is 0 Å². The number of nitrogens with zero attached hydrogens (tertiary/aromatic N) is 4. The van der Waals surface area contributed by atoms with E-state index in [2.05, 4.69) is 11.9 Å². The van der Waals surface area contributed by atoms with Gasteiger partial charge in [0, 0.05) is 32.1 Å². The standard InChI is InChI=1S/C20H28N4O2/c1-21-11-7-15(8-12-21)19(25)23-13-9-16(10-14-23)24-18-6-4-3-5-17(18)22(2)20(24)26/h3-6,15-16H,7-14H2,1-2H3. The summed E-state index contributed by atoms with van der Waals surface area (Å²) in [6, 6.07) is 8.14. The third-order valence-electron chi connectivity index (χ3n) is 6.20. The first kappa shape index (κ1) is 17.3. The molecule has 0 unspecified atom stereocenters. The summed E-state index contributed by atoms with van der Waals surface area (Å²) in [6.45, 7) is 3.54. The summed E-state index contributed by atoms with van der Waals surface area (Å²) < 4.78 is 3.66. The second-order valence-corrected chi connectivity index (χ2v) is 7.83. The Morgan fingerprint density at radius 2 is 1.54 bits per heavy atom. The molecule has 6 nitrogen and oxygen atoms in total. The lowest BCUT2D eigenvalue weighted by Gasteiger charge is -2.36. The smallest absolute Gasteiger partial charge is 0.329 e. The second kappa shape index (κ2) is 6.91.